The highest BCUT2D eigenvalue weighted by molar-refractivity contribution is 5.98. The molecule has 1 N–H and O–H groups in total. The second-order valence-electron chi connectivity index (χ2n) is 8.01. The monoisotopic (exact) mass is 429 g/mol. The van der Waals surface area contributed by atoms with Gasteiger partial charge in [0.25, 0.3) is 5.91 Å². The summed E-state index contributed by atoms with van der Waals surface area (Å²) in [7, 11) is 0. The van der Waals surface area contributed by atoms with Gasteiger partial charge in [-0.15, -0.1) is 0 Å². The predicted octanol–water partition coefficient (Wildman–Crippen LogP) is 3.26. The van der Waals surface area contributed by atoms with Crippen LogP contribution in [-0.4, -0.2) is 65.4 Å². The zero-order chi connectivity index (χ0) is 22.5. The first-order valence-electron chi connectivity index (χ1n) is 10.9. The Balaban J connectivity index is 1.39. The van der Waals surface area contributed by atoms with Crippen molar-refractivity contribution in [3.63, 3.8) is 0 Å². The number of nitrogens with one attached hydrogen (secondary N) is 1. The van der Waals surface area contributed by atoms with Crippen LogP contribution >= 0.6 is 0 Å². The number of aromatic amines is 1. The van der Waals surface area contributed by atoms with Crippen LogP contribution in [0.25, 0.3) is 10.9 Å². The second kappa shape index (κ2) is 9.67. The van der Waals surface area contributed by atoms with E-state index in [9.17, 15) is 9.59 Å². The predicted molar refractivity (Wildman–Crippen MR) is 124 cm³/mol. The summed E-state index contributed by atoms with van der Waals surface area (Å²) in [5.41, 5.74) is 2.34. The number of hydrogen-bond donors (Lipinski definition) is 1. The number of rotatable bonds is 6. The Kier molecular flexibility index (Phi) is 6.52. The standard InChI is InChI=1S/C25H27N5O2/c1-19(24(31)30(13-7-12-26)21-9-3-2-4-10-21)28-14-16-29(17-15-28)25(32)23-18-20-8-5-6-11-22(20)27-23/h2-6,8-11,18-19,27H,7,13-17H2,1H3. The van der Waals surface area contributed by atoms with Crippen molar-refractivity contribution in [2.24, 2.45) is 0 Å². The molecule has 0 bridgehead atoms. The molecule has 2 amide bonds. The van der Waals surface area contributed by atoms with E-state index in [1.54, 1.807) is 4.90 Å². The number of carbonyl (C=O) groups excluding carboxylic acids is 2. The number of nitrogens with zero attached hydrogens (tertiary/aromatic N) is 4. The topological polar surface area (TPSA) is 83.4 Å². The first kappa shape index (κ1) is 21.6. The molecule has 0 aliphatic carbocycles. The maximum Gasteiger partial charge on any atom is 0.270 e. The van der Waals surface area contributed by atoms with Gasteiger partial charge in [-0.25, -0.2) is 0 Å². The summed E-state index contributed by atoms with van der Waals surface area (Å²) in [5, 5.41) is 10.0. The molecule has 2 aromatic carbocycles. The summed E-state index contributed by atoms with van der Waals surface area (Å²) >= 11 is 0. The van der Waals surface area contributed by atoms with Crippen molar-refractivity contribution in [1.82, 2.24) is 14.8 Å². The van der Waals surface area contributed by atoms with Crippen molar-refractivity contribution >= 4 is 28.4 Å². The quantitative estimate of drug-likeness (QED) is 0.652. The van der Waals surface area contributed by atoms with Crippen LogP contribution in [0.5, 0.6) is 0 Å². The largest absolute Gasteiger partial charge is 0.351 e. The summed E-state index contributed by atoms with van der Waals surface area (Å²) < 4.78 is 0. The van der Waals surface area contributed by atoms with Crippen molar-refractivity contribution in [3.05, 3.63) is 66.4 Å². The second-order valence-corrected chi connectivity index (χ2v) is 8.01. The van der Waals surface area contributed by atoms with Gasteiger partial charge >= 0.3 is 0 Å². The van der Waals surface area contributed by atoms with E-state index in [-0.39, 0.29) is 24.3 Å². The highest BCUT2D eigenvalue weighted by Gasteiger charge is 2.31. The van der Waals surface area contributed by atoms with Gasteiger partial charge in [0.15, 0.2) is 0 Å². The number of amides is 2. The molecule has 0 radical (unpaired) electrons. The number of para-hydroxylation sites is 2. The van der Waals surface area contributed by atoms with Gasteiger partial charge in [0.1, 0.15) is 5.69 Å². The Morgan fingerprint density at radius 3 is 2.44 bits per heavy atom. The summed E-state index contributed by atoms with van der Waals surface area (Å²) in [5.74, 6) is -0.0402. The molecule has 7 nitrogen and oxygen atoms in total. The summed E-state index contributed by atoms with van der Waals surface area (Å²) in [4.78, 5) is 35.1. The average Bonchev–Trinajstić information content (AvgIpc) is 3.28. The van der Waals surface area contributed by atoms with Gasteiger partial charge in [-0.2, -0.15) is 5.26 Å². The van der Waals surface area contributed by atoms with E-state index in [1.165, 1.54) is 0 Å². The molecule has 1 saturated heterocycles. The highest BCUT2D eigenvalue weighted by Crippen LogP contribution is 2.20. The first-order chi connectivity index (χ1) is 15.6. The average molecular weight is 430 g/mol. The van der Waals surface area contributed by atoms with E-state index in [0.29, 0.717) is 38.4 Å². The minimum atomic E-state index is -0.334. The smallest absolute Gasteiger partial charge is 0.270 e. The van der Waals surface area contributed by atoms with Crippen LogP contribution in [0.2, 0.25) is 0 Å². The Labute approximate surface area is 187 Å². The Morgan fingerprint density at radius 1 is 1.06 bits per heavy atom. The molecule has 32 heavy (non-hydrogen) atoms. The van der Waals surface area contributed by atoms with E-state index in [2.05, 4.69) is 16.0 Å². The third-order valence-corrected chi connectivity index (χ3v) is 6.05. The van der Waals surface area contributed by atoms with Crippen LogP contribution in [0.15, 0.2) is 60.7 Å². The van der Waals surface area contributed by atoms with Gasteiger partial charge in [-0.1, -0.05) is 36.4 Å². The number of carbonyl (C=O) groups is 2. The Morgan fingerprint density at radius 2 is 1.75 bits per heavy atom. The molecule has 1 aliphatic heterocycles. The van der Waals surface area contributed by atoms with Gasteiger partial charge in [0.05, 0.1) is 18.5 Å². The van der Waals surface area contributed by atoms with Gasteiger partial charge in [0.2, 0.25) is 5.91 Å². The highest BCUT2D eigenvalue weighted by atomic mass is 16.2. The number of hydrogen-bond acceptors (Lipinski definition) is 4. The molecule has 1 unspecified atom stereocenters. The zero-order valence-corrected chi connectivity index (χ0v) is 18.2. The van der Waals surface area contributed by atoms with Crippen molar-refractivity contribution in [2.45, 2.75) is 19.4 Å². The number of anilines is 1. The minimum absolute atomic E-state index is 0.0141. The van der Waals surface area contributed by atoms with Crippen LogP contribution in [-0.2, 0) is 4.79 Å². The normalized spacial score (nSPS) is 15.3. The molecule has 1 fully saturated rings. The molecule has 0 spiro atoms. The number of H-pyrrole nitrogens is 1. The van der Waals surface area contributed by atoms with E-state index < -0.39 is 0 Å². The fraction of sp³-hybridized carbons (Fsp3) is 0.320. The fourth-order valence-electron chi connectivity index (χ4n) is 4.19. The third kappa shape index (κ3) is 4.51. The van der Waals surface area contributed by atoms with E-state index >= 15 is 0 Å². The summed E-state index contributed by atoms with van der Waals surface area (Å²) in [6.45, 7) is 4.65. The Bertz CT molecular complexity index is 1090. The van der Waals surface area contributed by atoms with E-state index in [1.807, 2.05) is 72.5 Å². The van der Waals surface area contributed by atoms with E-state index in [4.69, 9.17) is 5.26 Å². The maximum atomic E-state index is 13.3. The molecule has 0 saturated carbocycles. The van der Waals surface area contributed by atoms with Gasteiger partial charge in [0, 0.05) is 49.3 Å². The van der Waals surface area contributed by atoms with Gasteiger partial charge < -0.3 is 14.8 Å². The fourth-order valence-corrected chi connectivity index (χ4v) is 4.19. The van der Waals surface area contributed by atoms with Crippen LogP contribution in [0, 0.1) is 11.3 Å². The SMILES string of the molecule is CC(C(=O)N(CCC#N)c1ccccc1)N1CCN(C(=O)c2cc3ccccc3[nH]2)CC1. The lowest BCUT2D eigenvalue weighted by Gasteiger charge is -2.38. The van der Waals surface area contributed by atoms with Crippen molar-refractivity contribution in [2.75, 3.05) is 37.6 Å². The lowest BCUT2D eigenvalue weighted by atomic mass is 10.1. The van der Waals surface area contributed by atoms with Crippen molar-refractivity contribution < 1.29 is 9.59 Å². The molecule has 1 aromatic heterocycles. The number of aromatic nitrogens is 1. The lowest BCUT2D eigenvalue weighted by Crippen LogP contribution is -2.55. The first-order valence-corrected chi connectivity index (χ1v) is 10.9. The number of fused-ring (bicyclic) bond motifs is 1. The lowest BCUT2D eigenvalue weighted by molar-refractivity contribution is -0.123. The molecule has 7 heteroatoms. The van der Waals surface area contributed by atoms with Gasteiger partial charge in [-0.3, -0.25) is 14.5 Å². The summed E-state index contributed by atoms with van der Waals surface area (Å²) in [6, 6.07) is 21.0. The Hall–Kier alpha value is -3.63. The van der Waals surface area contributed by atoms with Gasteiger partial charge in [-0.05, 0) is 31.2 Å². The van der Waals surface area contributed by atoms with Crippen LogP contribution < -0.4 is 4.90 Å². The van der Waals surface area contributed by atoms with E-state index in [0.717, 1.165) is 16.6 Å². The van der Waals surface area contributed by atoms with Crippen LogP contribution in [0.3, 0.4) is 0 Å². The van der Waals surface area contributed by atoms with Crippen molar-refractivity contribution in [1.29, 1.82) is 5.26 Å². The molecule has 164 valence electrons. The van der Waals surface area contributed by atoms with Crippen LogP contribution in [0.4, 0.5) is 5.69 Å². The van der Waals surface area contributed by atoms with Crippen LogP contribution in [0.1, 0.15) is 23.8 Å². The molecule has 3 aromatic rings. The summed E-state index contributed by atoms with van der Waals surface area (Å²) in [6.07, 6.45) is 0.278. The van der Waals surface area contributed by atoms with Crippen molar-refractivity contribution in [3.8, 4) is 6.07 Å². The zero-order valence-electron chi connectivity index (χ0n) is 18.2. The molecular formula is C25H27N5O2. The molecular weight excluding hydrogens is 402 g/mol. The maximum absolute atomic E-state index is 13.3. The minimum Gasteiger partial charge on any atom is -0.351 e. The molecule has 1 aliphatic rings. The number of piperazine rings is 1. The molecule has 2 heterocycles. The molecule has 4 rings (SSSR count). The number of benzene rings is 2. The molecule has 1 atom stereocenters. The third-order valence-electron chi connectivity index (χ3n) is 6.05. The number of nitriles is 1.